The molecule has 0 aromatic carbocycles. The zero-order chi connectivity index (χ0) is 12.3. The Bertz CT molecular complexity index is 220. The van der Waals surface area contributed by atoms with Gasteiger partial charge in [-0.15, -0.1) is 0 Å². The van der Waals surface area contributed by atoms with Crippen LogP contribution >= 0.6 is 0 Å². The Morgan fingerprint density at radius 2 is 1.67 bits per heavy atom. The van der Waals surface area contributed by atoms with Crippen molar-refractivity contribution in [2.45, 2.75) is 40.8 Å². The van der Waals surface area contributed by atoms with E-state index in [0.717, 1.165) is 0 Å². The summed E-state index contributed by atoms with van der Waals surface area (Å²) in [6, 6.07) is 0. The third-order valence-electron chi connectivity index (χ3n) is 2.94. The molecule has 0 heterocycles. The van der Waals surface area contributed by atoms with Crippen LogP contribution in [0.3, 0.4) is 0 Å². The van der Waals surface area contributed by atoms with Crippen LogP contribution in [0.1, 0.15) is 27.7 Å². The van der Waals surface area contributed by atoms with Gasteiger partial charge in [-0.2, -0.15) is 0 Å². The Balaban J connectivity index is 4.80. The minimum atomic E-state index is -0.776. The maximum absolute atomic E-state index is 11.8. The first-order valence-corrected chi connectivity index (χ1v) is 7.57. The van der Waals surface area contributed by atoms with E-state index < -0.39 is 14.5 Å². The van der Waals surface area contributed by atoms with Gasteiger partial charge in [0.25, 0.3) is 0 Å². The Morgan fingerprint density at radius 1 is 1.20 bits per heavy atom. The standard InChI is InChI=1S/C11H23O3Si/c1-10(2,3)11(4,9(12)13-5)8-14-15(6)7/h8H2,1-7H3. The first kappa shape index (κ1) is 14.6. The zero-order valence-corrected chi connectivity index (χ0v) is 11.9. The molecule has 0 rings (SSSR count). The molecular formula is C11H23O3Si. The highest BCUT2D eigenvalue weighted by Gasteiger charge is 2.45. The fourth-order valence-electron chi connectivity index (χ4n) is 1.10. The average molecular weight is 231 g/mol. The molecule has 0 bridgehead atoms. The molecule has 0 N–H and O–H groups in total. The summed E-state index contributed by atoms with van der Waals surface area (Å²) < 4.78 is 10.5. The van der Waals surface area contributed by atoms with Gasteiger partial charge in [0.05, 0.1) is 19.1 Å². The predicted octanol–water partition coefficient (Wildman–Crippen LogP) is 2.48. The second-order valence-electron chi connectivity index (χ2n) is 5.27. The molecule has 1 radical (unpaired) electrons. The van der Waals surface area contributed by atoms with Gasteiger partial charge in [0.2, 0.25) is 9.04 Å². The lowest BCUT2D eigenvalue weighted by atomic mass is 9.68. The molecule has 15 heavy (non-hydrogen) atoms. The van der Waals surface area contributed by atoms with Crippen molar-refractivity contribution in [1.29, 1.82) is 0 Å². The van der Waals surface area contributed by atoms with Crippen LogP contribution in [0.15, 0.2) is 0 Å². The van der Waals surface area contributed by atoms with E-state index in [1.54, 1.807) is 0 Å². The maximum atomic E-state index is 11.8. The molecule has 0 aliphatic carbocycles. The monoisotopic (exact) mass is 231 g/mol. The Morgan fingerprint density at radius 3 is 1.93 bits per heavy atom. The molecule has 3 nitrogen and oxygen atoms in total. The van der Waals surface area contributed by atoms with Crippen molar-refractivity contribution in [1.82, 2.24) is 0 Å². The number of rotatable bonds is 4. The summed E-state index contributed by atoms with van der Waals surface area (Å²) in [6.45, 7) is 12.6. The van der Waals surface area contributed by atoms with E-state index in [1.807, 2.05) is 27.7 Å². The van der Waals surface area contributed by atoms with Crippen molar-refractivity contribution in [2.24, 2.45) is 10.8 Å². The number of carbonyl (C=O) groups excluding carboxylic acids is 1. The Labute approximate surface area is 94.9 Å². The number of ether oxygens (including phenoxy) is 1. The third kappa shape index (κ3) is 3.61. The van der Waals surface area contributed by atoms with Gasteiger partial charge in [0.1, 0.15) is 0 Å². The molecule has 1 atom stereocenters. The smallest absolute Gasteiger partial charge is 0.314 e. The molecule has 0 saturated heterocycles. The van der Waals surface area contributed by atoms with Crippen molar-refractivity contribution in [3.05, 3.63) is 0 Å². The van der Waals surface area contributed by atoms with Gasteiger partial charge < -0.3 is 9.16 Å². The fourth-order valence-corrected chi connectivity index (χ4v) is 1.67. The van der Waals surface area contributed by atoms with Crippen molar-refractivity contribution in [3.8, 4) is 0 Å². The lowest BCUT2D eigenvalue weighted by Crippen LogP contribution is -2.45. The van der Waals surface area contributed by atoms with Gasteiger partial charge >= 0.3 is 5.97 Å². The topological polar surface area (TPSA) is 35.5 Å². The van der Waals surface area contributed by atoms with Gasteiger partial charge in [-0.3, -0.25) is 4.79 Å². The Kier molecular flexibility index (Phi) is 5.00. The quantitative estimate of drug-likeness (QED) is 0.551. The summed E-state index contributed by atoms with van der Waals surface area (Å²) in [7, 11) is 0.651. The molecule has 0 aliphatic heterocycles. The van der Waals surface area contributed by atoms with E-state index in [-0.39, 0.29) is 11.4 Å². The van der Waals surface area contributed by atoms with Crippen LogP contribution in [-0.4, -0.2) is 28.7 Å². The molecule has 1 unspecified atom stereocenters. The second-order valence-corrected chi connectivity index (χ2v) is 7.38. The summed E-state index contributed by atoms with van der Waals surface area (Å²) in [5, 5.41) is 0. The highest BCUT2D eigenvalue weighted by atomic mass is 28.3. The van der Waals surface area contributed by atoms with E-state index in [9.17, 15) is 4.79 Å². The average Bonchev–Trinajstić information content (AvgIpc) is 2.10. The molecule has 4 heteroatoms. The largest absolute Gasteiger partial charge is 0.469 e. The van der Waals surface area contributed by atoms with E-state index in [1.165, 1.54) is 7.11 Å². The van der Waals surface area contributed by atoms with Crippen molar-refractivity contribution < 1.29 is 14.0 Å². The van der Waals surface area contributed by atoms with Crippen molar-refractivity contribution >= 4 is 15.0 Å². The molecular weight excluding hydrogens is 208 g/mol. The van der Waals surface area contributed by atoms with Crippen LogP contribution in [0.4, 0.5) is 0 Å². The molecule has 0 aliphatic rings. The normalized spacial score (nSPS) is 16.3. The van der Waals surface area contributed by atoms with Crippen molar-refractivity contribution in [3.63, 3.8) is 0 Å². The third-order valence-corrected chi connectivity index (χ3v) is 3.66. The Hall–Kier alpha value is -0.353. The van der Waals surface area contributed by atoms with E-state index >= 15 is 0 Å². The predicted molar refractivity (Wildman–Crippen MR) is 63.0 cm³/mol. The van der Waals surface area contributed by atoms with Crippen LogP contribution in [0.2, 0.25) is 13.1 Å². The molecule has 0 fully saturated rings. The van der Waals surface area contributed by atoms with Crippen LogP contribution < -0.4 is 0 Å². The second kappa shape index (κ2) is 5.12. The molecule has 0 aromatic heterocycles. The highest BCUT2D eigenvalue weighted by Crippen LogP contribution is 2.39. The van der Waals surface area contributed by atoms with Gasteiger partial charge in [-0.25, -0.2) is 0 Å². The lowest BCUT2D eigenvalue weighted by Gasteiger charge is -2.39. The summed E-state index contributed by atoms with van der Waals surface area (Å²) in [6.07, 6.45) is 0. The molecule has 0 amide bonds. The van der Waals surface area contributed by atoms with Crippen LogP contribution in [0, 0.1) is 10.8 Å². The minimum Gasteiger partial charge on any atom is -0.469 e. The lowest BCUT2D eigenvalue weighted by molar-refractivity contribution is -0.161. The summed E-state index contributed by atoms with van der Waals surface area (Å²) in [5.41, 5.74) is -0.749. The summed E-state index contributed by atoms with van der Waals surface area (Å²) in [4.78, 5) is 11.8. The number of hydrogen-bond acceptors (Lipinski definition) is 3. The number of hydrogen-bond donors (Lipinski definition) is 0. The van der Waals surface area contributed by atoms with Crippen LogP contribution in [0.5, 0.6) is 0 Å². The fraction of sp³-hybridized carbons (Fsp3) is 0.909. The molecule has 89 valence electrons. The van der Waals surface area contributed by atoms with Crippen LogP contribution in [-0.2, 0) is 14.0 Å². The minimum absolute atomic E-state index is 0.169. The molecule has 0 aromatic rings. The van der Waals surface area contributed by atoms with E-state index in [0.29, 0.717) is 6.61 Å². The van der Waals surface area contributed by atoms with E-state index in [4.69, 9.17) is 9.16 Å². The summed E-state index contributed by atoms with van der Waals surface area (Å²) >= 11 is 0. The molecule has 0 saturated carbocycles. The molecule has 0 spiro atoms. The highest BCUT2D eigenvalue weighted by molar-refractivity contribution is 6.48. The van der Waals surface area contributed by atoms with Crippen molar-refractivity contribution in [2.75, 3.05) is 13.7 Å². The number of esters is 1. The van der Waals surface area contributed by atoms with E-state index in [2.05, 4.69) is 13.1 Å². The van der Waals surface area contributed by atoms with Gasteiger partial charge in [0.15, 0.2) is 0 Å². The first-order chi connectivity index (χ1) is 6.65. The SMILES string of the molecule is COC(=O)C(C)(CO[Si](C)C)C(C)(C)C. The zero-order valence-electron chi connectivity index (χ0n) is 10.9. The maximum Gasteiger partial charge on any atom is 0.314 e. The van der Waals surface area contributed by atoms with Crippen LogP contribution in [0.25, 0.3) is 0 Å². The summed E-state index contributed by atoms with van der Waals surface area (Å²) in [5.74, 6) is -0.196. The first-order valence-electron chi connectivity index (χ1n) is 5.16. The van der Waals surface area contributed by atoms with Gasteiger partial charge in [-0.1, -0.05) is 20.8 Å². The van der Waals surface area contributed by atoms with Gasteiger partial charge in [-0.05, 0) is 25.4 Å². The van der Waals surface area contributed by atoms with Gasteiger partial charge in [0, 0.05) is 0 Å². The number of carbonyl (C=O) groups is 1. The number of methoxy groups -OCH3 is 1.